The Balaban J connectivity index is 2.42. The van der Waals surface area contributed by atoms with Gasteiger partial charge in [0.15, 0.2) is 0 Å². The Morgan fingerprint density at radius 2 is 2.16 bits per heavy atom. The van der Waals surface area contributed by atoms with Crippen molar-refractivity contribution in [1.29, 1.82) is 0 Å². The molecule has 1 aliphatic rings. The molecule has 1 aromatic rings. The Labute approximate surface area is 111 Å². The summed E-state index contributed by atoms with van der Waals surface area (Å²) in [6, 6.07) is 1.76. The van der Waals surface area contributed by atoms with Gasteiger partial charge in [-0.25, -0.2) is 9.78 Å². The molecule has 0 spiro atoms. The van der Waals surface area contributed by atoms with E-state index in [1.807, 2.05) is 11.8 Å². The summed E-state index contributed by atoms with van der Waals surface area (Å²) in [6.07, 6.45) is 0.355. The number of pyridine rings is 1. The van der Waals surface area contributed by atoms with E-state index >= 15 is 0 Å². The molecule has 0 saturated carbocycles. The number of aromatic carboxylic acids is 1. The summed E-state index contributed by atoms with van der Waals surface area (Å²) < 4.78 is 0. The predicted octanol–water partition coefficient (Wildman–Crippen LogP) is 0.723. The van der Waals surface area contributed by atoms with E-state index in [0.717, 1.165) is 5.69 Å². The highest BCUT2D eigenvalue weighted by Gasteiger charge is 2.22. The lowest BCUT2D eigenvalue weighted by Gasteiger charge is -2.23. The van der Waals surface area contributed by atoms with Gasteiger partial charge in [-0.2, -0.15) is 0 Å². The van der Waals surface area contributed by atoms with E-state index < -0.39 is 5.97 Å². The highest BCUT2D eigenvalue weighted by molar-refractivity contribution is 5.95. The van der Waals surface area contributed by atoms with E-state index in [1.54, 1.807) is 13.0 Å². The number of amides is 1. The highest BCUT2D eigenvalue weighted by Crippen LogP contribution is 2.23. The monoisotopic (exact) mass is 263 g/mol. The molecular formula is C13H17N3O3. The average molecular weight is 263 g/mol. The zero-order chi connectivity index (χ0) is 14.0. The standard InChI is InChI=1S/C13H17N3O3/c1-8-7-9(2)15-12(11(8)13(18)19)16-5-3-10(17)14-4-6-16/h7H,3-6H2,1-2H3,(H,14,17)(H,18,19). The summed E-state index contributed by atoms with van der Waals surface area (Å²) in [4.78, 5) is 28.9. The van der Waals surface area contributed by atoms with E-state index in [4.69, 9.17) is 0 Å². The third kappa shape index (κ3) is 2.83. The van der Waals surface area contributed by atoms with Gasteiger partial charge in [0.05, 0.1) is 0 Å². The Morgan fingerprint density at radius 1 is 1.42 bits per heavy atom. The maximum atomic E-state index is 11.4. The second kappa shape index (κ2) is 5.26. The van der Waals surface area contributed by atoms with Crippen molar-refractivity contribution in [2.24, 2.45) is 0 Å². The third-order valence-corrected chi connectivity index (χ3v) is 3.15. The molecule has 0 radical (unpaired) electrons. The number of anilines is 1. The highest BCUT2D eigenvalue weighted by atomic mass is 16.4. The number of nitrogens with one attached hydrogen (secondary N) is 1. The number of nitrogens with zero attached hydrogens (tertiary/aromatic N) is 2. The van der Waals surface area contributed by atoms with Crippen molar-refractivity contribution in [3.8, 4) is 0 Å². The van der Waals surface area contributed by atoms with Gasteiger partial charge >= 0.3 is 5.97 Å². The van der Waals surface area contributed by atoms with Gasteiger partial charge in [0.1, 0.15) is 11.4 Å². The van der Waals surface area contributed by atoms with E-state index in [2.05, 4.69) is 10.3 Å². The minimum absolute atomic E-state index is 0.0104. The van der Waals surface area contributed by atoms with Gasteiger partial charge in [-0.05, 0) is 25.5 Å². The Morgan fingerprint density at radius 3 is 2.84 bits per heavy atom. The molecule has 1 amide bonds. The molecule has 0 aromatic carbocycles. The number of rotatable bonds is 2. The number of aromatic nitrogens is 1. The topological polar surface area (TPSA) is 82.5 Å². The van der Waals surface area contributed by atoms with Crippen LogP contribution >= 0.6 is 0 Å². The van der Waals surface area contributed by atoms with E-state index in [1.165, 1.54) is 0 Å². The zero-order valence-corrected chi connectivity index (χ0v) is 11.1. The number of hydrogen-bond donors (Lipinski definition) is 2. The van der Waals surface area contributed by atoms with Gasteiger partial charge in [0.2, 0.25) is 5.91 Å². The lowest BCUT2D eigenvalue weighted by molar-refractivity contribution is -0.120. The van der Waals surface area contributed by atoms with Gasteiger partial charge in [-0.15, -0.1) is 0 Å². The maximum absolute atomic E-state index is 11.4. The van der Waals surface area contributed by atoms with Gasteiger partial charge < -0.3 is 15.3 Å². The van der Waals surface area contributed by atoms with Crippen LogP contribution in [0, 0.1) is 13.8 Å². The number of carbonyl (C=O) groups is 2. The largest absolute Gasteiger partial charge is 0.478 e. The molecule has 1 aromatic heterocycles. The summed E-state index contributed by atoms with van der Waals surface area (Å²) in [5, 5.41) is 12.1. The van der Waals surface area contributed by atoms with Crippen molar-refractivity contribution < 1.29 is 14.7 Å². The summed E-state index contributed by atoms with van der Waals surface area (Å²) in [7, 11) is 0. The first-order valence-corrected chi connectivity index (χ1v) is 6.22. The Hall–Kier alpha value is -2.11. The summed E-state index contributed by atoms with van der Waals surface area (Å²) in [6.45, 7) is 5.17. The molecule has 1 saturated heterocycles. The van der Waals surface area contributed by atoms with Gasteiger partial charge in [-0.3, -0.25) is 4.79 Å². The molecule has 102 valence electrons. The van der Waals surface area contributed by atoms with Crippen LogP contribution in [-0.4, -0.2) is 41.6 Å². The molecule has 0 aliphatic carbocycles. The second-order valence-electron chi connectivity index (χ2n) is 4.67. The summed E-state index contributed by atoms with van der Waals surface area (Å²) in [5.74, 6) is -0.534. The van der Waals surface area contributed by atoms with Crippen molar-refractivity contribution in [2.45, 2.75) is 20.3 Å². The number of aryl methyl sites for hydroxylation is 2. The molecule has 2 heterocycles. The molecule has 2 N–H and O–H groups in total. The predicted molar refractivity (Wildman–Crippen MR) is 70.5 cm³/mol. The van der Waals surface area contributed by atoms with Crippen LogP contribution < -0.4 is 10.2 Å². The molecule has 19 heavy (non-hydrogen) atoms. The van der Waals surface area contributed by atoms with E-state index in [-0.39, 0.29) is 11.5 Å². The Bertz CT molecular complexity index is 528. The molecule has 6 heteroatoms. The van der Waals surface area contributed by atoms with Crippen LogP contribution in [-0.2, 0) is 4.79 Å². The van der Waals surface area contributed by atoms with Crippen LogP contribution in [0.2, 0.25) is 0 Å². The third-order valence-electron chi connectivity index (χ3n) is 3.15. The van der Waals surface area contributed by atoms with Crippen molar-refractivity contribution in [3.63, 3.8) is 0 Å². The van der Waals surface area contributed by atoms with Crippen LogP contribution in [0.15, 0.2) is 6.07 Å². The lowest BCUT2D eigenvalue weighted by atomic mass is 10.1. The van der Waals surface area contributed by atoms with Gasteiger partial charge in [0, 0.05) is 31.7 Å². The van der Waals surface area contributed by atoms with Crippen LogP contribution in [0.1, 0.15) is 28.0 Å². The van der Waals surface area contributed by atoms with Crippen molar-refractivity contribution in [2.75, 3.05) is 24.5 Å². The van der Waals surface area contributed by atoms with E-state index in [0.29, 0.717) is 37.4 Å². The number of hydrogen-bond acceptors (Lipinski definition) is 4. The molecule has 2 rings (SSSR count). The SMILES string of the molecule is Cc1cc(C)c(C(=O)O)c(N2CCNC(=O)CC2)n1. The van der Waals surface area contributed by atoms with Gasteiger partial charge in [-0.1, -0.05) is 0 Å². The number of carbonyl (C=O) groups excluding carboxylic acids is 1. The van der Waals surface area contributed by atoms with Crippen LogP contribution in [0.4, 0.5) is 5.82 Å². The maximum Gasteiger partial charge on any atom is 0.339 e. The van der Waals surface area contributed by atoms with Crippen molar-refractivity contribution in [1.82, 2.24) is 10.3 Å². The first-order chi connectivity index (χ1) is 8.99. The van der Waals surface area contributed by atoms with Crippen LogP contribution in [0.25, 0.3) is 0 Å². The lowest BCUT2D eigenvalue weighted by Crippen LogP contribution is -2.31. The first kappa shape index (κ1) is 13.3. The first-order valence-electron chi connectivity index (χ1n) is 6.22. The fourth-order valence-electron chi connectivity index (χ4n) is 2.29. The molecule has 6 nitrogen and oxygen atoms in total. The minimum Gasteiger partial charge on any atom is -0.478 e. The molecule has 0 unspecified atom stereocenters. The van der Waals surface area contributed by atoms with Crippen LogP contribution in [0.3, 0.4) is 0 Å². The zero-order valence-electron chi connectivity index (χ0n) is 11.1. The molecule has 0 bridgehead atoms. The Kier molecular flexibility index (Phi) is 3.69. The fraction of sp³-hybridized carbons (Fsp3) is 0.462. The average Bonchev–Trinajstić information content (AvgIpc) is 2.52. The van der Waals surface area contributed by atoms with Gasteiger partial charge in [0.25, 0.3) is 0 Å². The van der Waals surface area contributed by atoms with Crippen LogP contribution in [0.5, 0.6) is 0 Å². The second-order valence-corrected chi connectivity index (χ2v) is 4.67. The minimum atomic E-state index is -0.983. The fourth-order valence-corrected chi connectivity index (χ4v) is 2.29. The smallest absolute Gasteiger partial charge is 0.339 e. The number of carboxylic acid groups (broad SMARTS) is 1. The normalized spacial score (nSPS) is 15.9. The van der Waals surface area contributed by atoms with Crippen molar-refractivity contribution >= 4 is 17.7 Å². The quantitative estimate of drug-likeness (QED) is 0.821. The molecular weight excluding hydrogens is 246 g/mol. The molecule has 1 aliphatic heterocycles. The number of carboxylic acids is 1. The summed E-state index contributed by atoms with van der Waals surface area (Å²) >= 11 is 0. The summed E-state index contributed by atoms with van der Waals surface area (Å²) in [5.41, 5.74) is 1.69. The van der Waals surface area contributed by atoms with Crippen molar-refractivity contribution in [3.05, 3.63) is 22.9 Å². The van der Waals surface area contributed by atoms with E-state index in [9.17, 15) is 14.7 Å². The molecule has 1 fully saturated rings. The molecule has 0 atom stereocenters.